The van der Waals surface area contributed by atoms with Gasteiger partial charge in [-0.2, -0.15) is 5.10 Å². The molecular weight excluding hydrogens is 244 g/mol. The van der Waals surface area contributed by atoms with Crippen molar-refractivity contribution in [2.45, 2.75) is 32.1 Å². The highest BCUT2D eigenvalue weighted by Crippen LogP contribution is 2.33. The van der Waals surface area contributed by atoms with Gasteiger partial charge in [0.15, 0.2) is 0 Å². The van der Waals surface area contributed by atoms with Crippen LogP contribution in [0.4, 0.5) is 0 Å². The third-order valence-corrected chi connectivity index (χ3v) is 4.01. The van der Waals surface area contributed by atoms with Gasteiger partial charge in [0, 0.05) is 11.8 Å². The smallest absolute Gasteiger partial charge is 0.0645 e. The standard InChI is InChI=1S/C15H19ClN2/c1-3-12(4-2)15(16)13-10-17-18(11-13)14-8-6-5-7-9-14/h5-12,15H,3-4H2,1-2H3. The zero-order valence-corrected chi connectivity index (χ0v) is 11.6. The fourth-order valence-corrected chi connectivity index (χ4v) is 2.64. The molecule has 1 aromatic carbocycles. The summed E-state index contributed by atoms with van der Waals surface area (Å²) in [7, 11) is 0. The molecule has 0 bridgehead atoms. The Labute approximate surface area is 114 Å². The lowest BCUT2D eigenvalue weighted by molar-refractivity contribution is 0.476. The lowest BCUT2D eigenvalue weighted by atomic mass is 9.96. The van der Waals surface area contributed by atoms with Gasteiger partial charge in [0.2, 0.25) is 0 Å². The van der Waals surface area contributed by atoms with Crippen LogP contribution >= 0.6 is 11.6 Å². The van der Waals surface area contributed by atoms with E-state index in [4.69, 9.17) is 11.6 Å². The van der Waals surface area contributed by atoms with Crippen LogP contribution in [0.5, 0.6) is 0 Å². The molecule has 0 saturated heterocycles. The Bertz CT molecular complexity index is 474. The van der Waals surface area contributed by atoms with Crippen LogP contribution in [-0.2, 0) is 0 Å². The monoisotopic (exact) mass is 262 g/mol. The molecule has 1 heterocycles. The first-order valence-corrected chi connectivity index (χ1v) is 6.94. The molecule has 0 radical (unpaired) electrons. The molecule has 1 aromatic heterocycles. The Hall–Kier alpha value is -1.28. The van der Waals surface area contributed by atoms with E-state index in [9.17, 15) is 0 Å². The van der Waals surface area contributed by atoms with Crippen LogP contribution in [0.3, 0.4) is 0 Å². The first-order chi connectivity index (χ1) is 8.76. The predicted molar refractivity (Wildman–Crippen MR) is 76.2 cm³/mol. The van der Waals surface area contributed by atoms with Gasteiger partial charge in [-0.25, -0.2) is 4.68 Å². The predicted octanol–water partition coefficient (Wildman–Crippen LogP) is 4.59. The molecule has 96 valence electrons. The van der Waals surface area contributed by atoms with Gasteiger partial charge in [-0.05, 0) is 18.1 Å². The SMILES string of the molecule is CCC(CC)C(Cl)c1cnn(-c2ccccc2)c1. The summed E-state index contributed by atoms with van der Waals surface area (Å²) >= 11 is 6.52. The van der Waals surface area contributed by atoms with Crippen molar-refractivity contribution in [1.29, 1.82) is 0 Å². The average molecular weight is 263 g/mol. The summed E-state index contributed by atoms with van der Waals surface area (Å²) in [5.74, 6) is 0.514. The fraction of sp³-hybridized carbons (Fsp3) is 0.400. The number of hydrogen-bond acceptors (Lipinski definition) is 1. The van der Waals surface area contributed by atoms with Crippen LogP contribution in [0.2, 0.25) is 0 Å². The number of rotatable bonds is 5. The highest BCUT2D eigenvalue weighted by molar-refractivity contribution is 6.20. The van der Waals surface area contributed by atoms with Crippen LogP contribution in [0, 0.1) is 5.92 Å². The van der Waals surface area contributed by atoms with E-state index < -0.39 is 0 Å². The van der Waals surface area contributed by atoms with E-state index >= 15 is 0 Å². The van der Waals surface area contributed by atoms with E-state index in [1.54, 1.807) is 0 Å². The zero-order chi connectivity index (χ0) is 13.0. The number of aromatic nitrogens is 2. The van der Waals surface area contributed by atoms with Crippen molar-refractivity contribution in [3.8, 4) is 5.69 Å². The molecule has 0 spiro atoms. The van der Waals surface area contributed by atoms with Crippen molar-refractivity contribution < 1.29 is 0 Å². The molecule has 0 fully saturated rings. The van der Waals surface area contributed by atoms with Crippen molar-refractivity contribution in [2.75, 3.05) is 0 Å². The Morgan fingerprint density at radius 1 is 1.17 bits per heavy atom. The molecule has 18 heavy (non-hydrogen) atoms. The molecule has 0 amide bonds. The highest BCUT2D eigenvalue weighted by Gasteiger charge is 2.19. The van der Waals surface area contributed by atoms with Gasteiger partial charge in [-0.3, -0.25) is 0 Å². The second-order valence-corrected chi connectivity index (χ2v) is 5.00. The summed E-state index contributed by atoms with van der Waals surface area (Å²) in [6.45, 7) is 4.37. The molecule has 2 rings (SSSR count). The Morgan fingerprint density at radius 3 is 2.44 bits per heavy atom. The number of alkyl halides is 1. The molecule has 1 atom stereocenters. The van der Waals surface area contributed by atoms with E-state index in [1.807, 2.05) is 47.4 Å². The van der Waals surface area contributed by atoms with E-state index in [2.05, 4.69) is 18.9 Å². The maximum atomic E-state index is 6.52. The van der Waals surface area contributed by atoms with Crippen molar-refractivity contribution in [2.24, 2.45) is 5.92 Å². The zero-order valence-electron chi connectivity index (χ0n) is 10.9. The molecule has 0 aliphatic carbocycles. The molecule has 3 heteroatoms. The van der Waals surface area contributed by atoms with E-state index in [0.717, 1.165) is 24.1 Å². The third kappa shape index (κ3) is 2.75. The normalized spacial score (nSPS) is 12.9. The number of halogens is 1. The van der Waals surface area contributed by atoms with Crippen molar-refractivity contribution >= 4 is 11.6 Å². The Kier molecular flexibility index (Phi) is 4.43. The average Bonchev–Trinajstić information content (AvgIpc) is 2.90. The van der Waals surface area contributed by atoms with Gasteiger partial charge < -0.3 is 0 Å². The number of nitrogens with zero attached hydrogens (tertiary/aromatic N) is 2. The summed E-state index contributed by atoms with van der Waals surface area (Å²) < 4.78 is 1.88. The molecular formula is C15H19ClN2. The topological polar surface area (TPSA) is 17.8 Å². The van der Waals surface area contributed by atoms with E-state index in [0.29, 0.717) is 5.92 Å². The Balaban J connectivity index is 2.20. The van der Waals surface area contributed by atoms with Gasteiger partial charge in [-0.15, -0.1) is 11.6 Å². The second kappa shape index (κ2) is 6.05. The minimum atomic E-state index is 0.0532. The van der Waals surface area contributed by atoms with E-state index in [1.165, 1.54) is 0 Å². The van der Waals surface area contributed by atoms with Gasteiger partial charge in [0.05, 0.1) is 17.3 Å². The molecule has 1 unspecified atom stereocenters. The summed E-state index contributed by atoms with van der Waals surface area (Å²) in [5, 5.41) is 4.44. The van der Waals surface area contributed by atoms with Crippen LogP contribution in [0.25, 0.3) is 5.69 Å². The summed E-state index contributed by atoms with van der Waals surface area (Å²) in [4.78, 5) is 0. The largest absolute Gasteiger partial charge is 0.241 e. The van der Waals surface area contributed by atoms with Crippen LogP contribution in [0.1, 0.15) is 37.6 Å². The van der Waals surface area contributed by atoms with Crippen LogP contribution in [-0.4, -0.2) is 9.78 Å². The first kappa shape index (κ1) is 13.2. The van der Waals surface area contributed by atoms with Crippen molar-refractivity contribution in [1.82, 2.24) is 9.78 Å². The summed E-state index contributed by atoms with van der Waals surface area (Å²) in [5.41, 5.74) is 2.17. The Morgan fingerprint density at radius 2 is 1.83 bits per heavy atom. The summed E-state index contributed by atoms with van der Waals surface area (Å²) in [6.07, 6.45) is 6.11. The van der Waals surface area contributed by atoms with Crippen molar-refractivity contribution in [3.63, 3.8) is 0 Å². The molecule has 0 aliphatic heterocycles. The number of benzene rings is 1. The molecule has 2 nitrogen and oxygen atoms in total. The summed E-state index contributed by atoms with van der Waals surface area (Å²) in [6, 6.07) is 10.1. The third-order valence-electron chi connectivity index (χ3n) is 3.40. The van der Waals surface area contributed by atoms with Crippen molar-refractivity contribution in [3.05, 3.63) is 48.3 Å². The van der Waals surface area contributed by atoms with E-state index in [-0.39, 0.29) is 5.38 Å². The van der Waals surface area contributed by atoms with Gasteiger partial charge in [-0.1, -0.05) is 44.9 Å². The van der Waals surface area contributed by atoms with Gasteiger partial charge in [0.25, 0.3) is 0 Å². The van der Waals surface area contributed by atoms with Gasteiger partial charge >= 0.3 is 0 Å². The first-order valence-electron chi connectivity index (χ1n) is 6.50. The number of hydrogen-bond donors (Lipinski definition) is 0. The molecule has 0 saturated carbocycles. The highest BCUT2D eigenvalue weighted by atomic mass is 35.5. The maximum absolute atomic E-state index is 6.52. The fourth-order valence-electron chi connectivity index (χ4n) is 2.18. The van der Waals surface area contributed by atoms with Crippen LogP contribution in [0.15, 0.2) is 42.7 Å². The molecule has 2 aromatic rings. The lowest BCUT2D eigenvalue weighted by Gasteiger charge is -2.17. The number of para-hydroxylation sites is 1. The minimum absolute atomic E-state index is 0.0532. The molecule has 0 N–H and O–H groups in total. The second-order valence-electron chi connectivity index (χ2n) is 4.53. The lowest BCUT2D eigenvalue weighted by Crippen LogP contribution is -2.05. The molecule has 0 aliphatic rings. The maximum Gasteiger partial charge on any atom is 0.0645 e. The minimum Gasteiger partial charge on any atom is -0.241 e. The van der Waals surface area contributed by atoms with Gasteiger partial charge in [0.1, 0.15) is 0 Å². The quantitative estimate of drug-likeness (QED) is 0.721. The van der Waals surface area contributed by atoms with Crippen LogP contribution < -0.4 is 0 Å².